The number of carbonyl (C=O) groups is 1. The Balaban J connectivity index is 1.82. The summed E-state index contributed by atoms with van der Waals surface area (Å²) in [6, 6.07) is 6.54. The summed E-state index contributed by atoms with van der Waals surface area (Å²) in [5.41, 5.74) is 4.28. The highest BCUT2D eigenvalue weighted by Crippen LogP contribution is 2.56. The first-order chi connectivity index (χ1) is 11.6. The van der Waals surface area contributed by atoms with Gasteiger partial charge in [-0.2, -0.15) is 0 Å². The summed E-state index contributed by atoms with van der Waals surface area (Å²) in [7, 11) is 0. The van der Waals surface area contributed by atoms with E-state index in [4.69, 9.17) is 9.84 Å². The van der Waals surface area contributed by atoms with Crippen molar-refractivity contribution in [1.29, 1.82) is 0 Å². The molecule has 1 saturated carbocycles. The lowest BCUT2D eigenvalue weighted by atomic mass is 9.90. The number of allylic oxidation sites excluding steroid dienone is 4. The smallest absolute Gasteiger partial charge is 0.328 e. The van der Waals surface area contributed by atoms with Crippen molar-refractivity contribution in [2.45, 2.75) is 52.1 Å². The molecule has 25 heavy (non-hydrogen) atoms. The highest BCUT2D eigenvalue weighted by Gasteiger charge is 2.49. The summed E-state index contributed by atoms with van der Waals surface area (Å²) < 4.78 is 6.16. The summed E-state index contributed by atoms with van der Waals surface area (Å²) in [6.45, 7) is 10.4. The predicted molar refractivity (Wildman–Crippen MR) is 101 cm³/mol. The Morgan fingerprint density at radius 3 is 2.72 bits per heavy atom. The minimum atomic E-state index is -0.904. The molecule has 2 aliphatic rings. The normalized spacial score (nSPS) is 27.5. The monoisotopic (exact) mass is 338 g/mol. The highest BCUT2D eigenvalue weighted by molar-refractivity contribution is 5.81. The lowest BCUT2D eigenvalue weighted by molar-refractivity contribution is -0.131. The second-order valence-corrected chi connectivity index (χ2v) is 8.06. The molecule has 0 spiro atoms. The number of rotatable bonds is 4. The van der Waals surface area contributed by atoms with Crippen LogP contribution in [0.15, 0.2) is 48.1 Å². The topological polar surface area (TPSA) is 46.5 Å². The third-order valence-corrected chi connectivity index (χ3v) is 5.25. The molecule has 3 rings (SSSR count). The number of aliphatic carboxylic acids is 1. The zero-order valence-corrected chi connectivity index (χ0v) is 15.6. The van der Waals surface area contributed by atoms with Gasteiger partial charge in [0, 0.05) is 11.6 Å². The summed E-state index contributed by atoms with van der Waals surface area (Å²) in [5, 5.41) is 8.79. The second kappa shape index (κ2) is 5.91. The van der Waals surface area contributed by atoms with Crippen LogP contribution in [0.25, 0.3) is 5.57 Å². The molecule has 1 aromatic rings. The summed E-state index contributed by atoms with van der Waals surface area (Å²) in [6.07, 6.45) is 8.51. The van der Waals surface area contributed by atoms with Crippen molar-refractivity contribution in [3.63, 3.8) is 0 Å². The molecule has 2 atom stereocenters. The van der Waals surface area contributed by atoms with Crippen LogP contribution in [0.5, 0.6) is 5.75 Å². The third kappa shape index (κ3) is 3.55. The molecular formula is C22H26O3. The standard InChI is InChI=1S/C22H26O3/c1-14(10-20(23)24)6-7-17-13-22(17,5)16-8-9-18-15(2)12-21(3,4)25-19(18)11-16/h6-12,17H,13H2,1-5H3,(H,23,24)/b7-6+,14-10+. The fourth-order valence-corrected chi connectivity index (χ4v) is 3.72. The van der Waals surface area contributed by atoms with E-state index in [1.165, 1.54) is 22.8 Å². The van der Waals surface area contributed by atoms with E-state index >= 15 is 0 Å². The van der Waals surface area contributed by atoms with E-state index in [9.17, 15) is 4.79 Å². The Hall–Kier alpha value is -2.29. The Labute approximate surface area is 149 Å². The van der Waals surface area contributed by atoms with Crippen molar-refractivity contribution in [2.75, 3.05) is 0 Å². The molecule has 0 aromatic heterocycles. The molecule has 1 N–H and O–H groups in total. The Bertz CT molecular complexity index is 811. The molecule has 1 heterocycles. The Morgan fingerprint density at radius 1 is 1.32 bits per heavy atom. The van der Waals surface area contributed by atoms with E-state index in [2.05, 4.69) is 58.0 Å². The molecule has 1 aliphatic heterocycles. The maximum Gasteiger partial charge on any atom is 0.328 e. The first kappa shape index (κ1) is 17.5. The lowest BCUT2D eigenvalue weighted by Gasteiger charge is -2.31. The van der Waals surface area contributed by atoms with Crippen molar-refractivity contribution >= 4 is 11.5 Å². The van der Waals surface area contributed by atoms with Gasteiger partial charge in [-0.25, -0.2) is 4.79 Å². The van der Waals surface area contributed by atoms with E-state index in [-0.39, 0.29) is 11.0 Å². The number of benzene rings is 1. The van der Waals surface area contributed by atoms with Crippen LogP contribution < -0.4 is 4.74 Å². The average Bonchev–Trinajstić information content (AvgIpc) is 3.15. The SMILES string of the molecule is CC1=CC(C)(C)Oc2cc(C3(C)CC3/C=C/C(C)=C/C(=O)O)ccc21. The van der Waals surface area contributed by atoms with Gasteiger partial charge in [-0.3, -0.25) is 0 Å². The zero-order chi connectivity index (χ0) is 18.4. The van der Waals surface area contributed by atoms with Crippen LogP contribution >= 0.6 is 0 Å². The molecule has 0 bridgehead atoms. The van der Waals surface area contributed by atoms with Gasteiger partial charge in [-0.1, -0.05) is 31.2 Å². The quantitative estimate of drug-likeness (QED) is 0.612. The molecule has 0 radical (unpaired) electrons. The molecule has 3 heteroatoms. The van der Waals surface area contributed by atoms with Gasteiger partial charge >= 0.3 is 5.97 Å². The van der Waals surface area contributed by atoms with Gasteiger partial charge in [0.05, 0.1) is 0 Å². The van der Waals surface area contributed by atoms with Crippen LogP contribution in [0.4, 0.5) is 0 Å². The van der Waals surface area contributed by atoms with Gasteiger partial charge in [0.25, 0.3) is 0 Å². The molecule has 3 nitrogen and oxygen atoms in total. The van der Waals surface area contributed by atoms with Crippen LogP contribution in [0.2, 0.25) is 0 Å². The Morgan fingerprint density at radius 2 is 2.04 bits per heavy atom. The van der Waals surface area contributed by atoms with Crippen molar-refractivity contribution in [3.8, 4) is 5.75 Å². The van der Waals surface area contributed by atoms with Gasteiger partial charge in [-0.05, 0) is 74.3 Å². The predicted octanol–water partition coefficient (Wildman–Crippen LogP) is 5.13. The van der Waals surface area contributed by atoms with Crippen LogP contribution in [0, 0.1) is 5.92 Å². The molecule has 0 saturated heterocycles. The van der Waals surface area contributed by atoms with Crippen LogP contribution in [-0.4, -0.2) is 16.7 Å². The number of carboxylic acid groups (broad SMARTS) is 1. The number of carboxylic acids is 1. The maximum atomic E-state index is 10.7. The van der Waals surface area contributed by atoms with Gasteiger partial charge in [0.2, 0.25) is 0 Å². The molecular weight excluding hydrogens is 312 g/mol. The molecule has 132 valence electrons. The summed E-state index contributed by atoms with van der Waals surface area (Å²) in [4.78, 5) is 10.7. The van der Waals surface area contributed by atoms with Crippen molar-refractivity contribution in [2.24, 2.45) is 5.92 Å². The van der Waals surface area contributed by atoms with E-state index in [0.717, 1.165) is 17.7 Å². The van der Waals surface area contributed by atoms with Crippen molar-refractivity contribution in [1.82, 2.24) is 0 Å². The number of hydrogen-bond donors (Lipinski definition) is 1. The molecule has 1 aliphatic carbocycles. The Kier molecular flexibility index (Phi) is 4.14. The summed E-state index contributed by atoms with van der Waals surface area (Å²) in [5.74, 6) is 0.481. The highest BCUT2D eigenvalue weighted by atomic mass is 16.5. The van der Waals surface area contributed by atoms with Gasteiger partial charge in [0.15, 0.2) is 0 Å². The van der Waals surface area contributed by atoms with E-state index in [1.807, 2.05) is 13.0 Å². The van der Waals surface area contributed by atoms with Crippen LogP contribution in [0.3, 0.4) is 0 Å². The van der Waals surface area contributed by atoms with Crippen LogP contribution in [0.1, 0.15) is 52.2 Å². The molecule has 1 fully saturated rings. The third-order valence-electron chi connectivity index (χ3n) is 5.25. The van der Waals surface area contributed by atoms with Crippen LogP contribution in [-0.2, 0) is 10.2 Å². The fourth-order valence-electron chi connectivity index (χ4n) is 3.72. The number of ether oxygens (including phenoxy) is 1. The largest absolute Gasteiger partial charge is 0.483 e. The lowest BCUT2D eigenvalue weighted by Crippen LogP contribution is -2.28. The maximum absolute atomic E-state index is 10.7. The second-order valence-electron chi connectivity index (χ2n) is 8.06. The first-order valence-corrected chi connectivity index (χ1v) is 8.73. The molecule has 2 unspecified atom stereocenters. The van der Waals surface area contributed by atoms with Gasteiger partial charge in [-0.15, -0.1) is 0 Å². The van der Waals surface area contributed by atoms with Gasteiger partial charge < -0.3 is 9.84 Å². The molecule has 0 amide bonds. The molecule has 1 aromatic carbocycles. The first-order valence-electron chi connectivity index (χ1n) is 8.73. The van der Waals surface area contributed by atoms with E-state index in [0.29, 0.717) is 5.92 Å². The minimum absolute atomic E-state index is 0.0948. The minimum Gasteiger partial charge on any atom is -0.483 e. The van der Waals surface area contributed by atoms with E-state index < -0.39 is 5.97 Å². The van der Waals surface area contributed by atoms with Gasteiger partial charge in [0.1, 0.15) is 11.4 Å². The summed E-state index contributed by atoms with van der Waals surface area (Å²) >= 11 is 0. The van der Waals surface area contributed by atoms with E-state index in [1.54, 1.807) is 0 Å². The van der Waals surface area contributed by atoms with Crippen molar-refractivity contribution < 1.29 is 14.6 Å². The zero-order valence-electron chi connectivity index (χ0n) is 15.6. The number of fused-ring (bicyclic) bond motifs is 1. The fraction of sp³-hybridized carbons (Fsp3) is 0.409. The number of hydrogen-bond acceptors (Lipinski definition) is 2. The average molecular weight is 338 g/mol. The van der Waals surface area contributed by atoms with Crippen molar-refractivity contribution in [3.05, 3.63) is 59.2 Å².